The summed E-state index contributed by atoms with van der Waals surface area (Å²) in [5.41, 5.74) is 3.86. The second kappa shape index (κ2) is 3.43. The lowest BCUT2D eigenvalue weighted by Crippen LogP contribution is -1.94. The van der Waals surface area contributed by atoms with Gasteiger partial charge in [-0.3, -0.25) is 0 Å². The molecule has 1 unspecified atom stereocenters. The van der Waals surface area contributed by atoms with Crippen LogP contribution in [0.2, 0.25) is 0 Å². The van der Waals surface area contributed by atoms with E-state index in [-0.39, 0.29) is 6.10 Å². The molecule has 1 aromatic carbocycles. The zero-order valence-corrected chi connectivity index (χ0v) is 9.26. The lowest BCUT2D eigenvalue weighted by Gasteiger charge is -2.09. The molecule has 1 aliphatic rings. The van der Waals surface area contributed by atoms with Crippen molar-refractivity contribution in [3.05, 3.63) is 33.3 Å². The number of aliphatic hydroxyl groups is 1. The Hall–Kier alpha value is -0.340. The predicted molar refractivity (Wildman–Crippen MR) is 56.8 cm³/mol. The maximum atomic E-state index is 9.46. The first-order valence-electron chi connectivity index (χ1n) is 4.68. The molecule has 0 amide bonds. The Bertz CT molecular complexity index is 331. The van der Waals surface area contributed by atoms with E-state index in [0.717, 1.165) is 12.0 Å². The lowest BCUT2D eigenvalue weighted by atomic mass is 10.0. The van der Waals surface area contributed by atoms with E-state index < -0.39 is 0 Å². The maximum absolute atomic E-state index is 9.46. The summed E-state index contributed by atoms with van der Waals surface area (Å²) in [6.07, 6.45) is 3.23. The van der Waals surface area contributed by atoms with Crippen LogP contribution >= 0.6 is 15.9 Å². The minimum Gasteiger partial charge on any atom is -0.389 e. The van der Waals surface area contributed by atoms with E-state index >= 15 is 0 Å². The Morgan fingerprint density at radius 1 is 1.38 bits per heavy atom. The molecule has 1 aliphatic carbocycles. The van der Waals surface area contributed by atoms with Crippen LogP contribution in [-0.4, -0.2) is 5.11 Å². The van der Waals surface area contributed by atoms with Crippen LogP contribution < -0.4 is 0 Å². The SMILES string of the molecule is CC(O)c1cc(Br)c2c(c1)CCC2. The Balaban J connectivity index is 2.49. The third kappa shape index (κ3) is 1.65. The molecule has 13 heavy (non-hydrogen) atoms. The number of hydrogen-bond donors (Lipinski definition) is 1. The van der Waals surface area contributed by atoms with Crippen molar-refractivity contribution < 1.29 is 5.11 Å². The van der Waals surface area contributed by atoms with Gasteiger partial charge >= 0.3 is 0 Å². The van der Waals surface area contributed by atoms with Crippen molar-refractivity contribution in [2.75, 3.05) is 0 Å². The number of fused-ring (bicyclic) bond motifs is 1. The van der Waals surface area contributed by atoms with Crippen LogP contribution in [0.5, 0.6) is 0 Å². The smallest absolute Gasteiger partial charge is 0.0762 e. The van der Waals surface area contributed by atoms with Gasteiger partial charge in [0.15, 0.2) is 0 Å². The summed E-state index contributed by atoms with van der Waals surface area (Å²) in [5.74, 6) is 0. The van der Waals surface area contributed by atoms with Crippen LogP contribution in [0, 0.1) is 0 Å². The third-order valence-electron chi connectivity index (χ3n) is 2.67. The van der Waals surface area contributed by atoms with E-state index in [0.29, 0.717) is 0 Å². The zero-order valence-electron chi connectivity index (χ0n) is 7.68. The quantitative estimate of drug-likeness (QED) is 0.801. The van der Waals surface area contributed by atoms with Gasteiger partial charge in [-0.25, -0.2) is 0 Å². The van der Waals surface area contributed by atoms with Crippen molar-refractivity contribution in [3.63, 3.8) is 0 Å². The number of halogens is 1. The molecule has 0 fully saturated rings. The number of rotatable bonds is 1. The van der Waals surface area contributed by atoms with Crippen LogP contribution in [0.3, 0.4) is 0 Å². The first-order valence-corrected chi connectivity index (χ1v) is 5.47. The highest BCUT2D eigenvalue weighted by Crippen LogP contribution is 2.32. The highest BCUT2D eigenvalue weighted by Gasteiger charge is 2.15. The molecule has 0 spiro atoms. The second-order valence-electron chi connectivity index (χ2n) is 3.67. The standard InChI is InChI=1S/C11H13BrO/c1-7(13)9-5-8-3-2-4-10(8)11(12)6-9/h5-7,13H,2-4H2,1H3. The van der Waals surface area contributed by atoms with Gasteiger partial charge in [-0.15, -0.1) is 0 Å². The number of aryl methyl sites for hydroxylation is 1. The van der Waals surface area contributed by atoms with Crippen LogP contribution in [0.15, 0.2) is 16.6 Å². The van der Waals surface area contributed by atoms with E-state index in [2.05, 4.69) is 22.0 Å². The summed E-state index contributed by atoms with van der Waals surface area (Å²) in [6.45, 7) is 1.81. The Labute approximate surface area is 86.9 Å². The van der Waals surface area contributed by atoms with Gasteiger partial charge in [0.1, 0.15) is 0 Å². The highest BCUT2D eigenvalue weighted by atomic mass is 79.9. The van der Waals surface area contributed by atoms with Crippen LogP contribution in [0.4, 0.5) is 0 Å². The molecule has 2 heteroatoms. The van der Waals surface area contributed by atoms with Gasteiger partial charge in [0.05, 0.1) is 6.10 Å². The fourth-order valence-corrected chi connectivity index (χ4v) is 2.63. The molecule has 2 rings (SSSR count). The van der Waals surface area contributed by atoms with E-state index in [1.807, 2.05) is 13.0 Å². The first-order chi connectivity index (χ1) is 6.18. The van der Waals surface area contributed by atoms with Crippen molar-refractivity contribution in [3.8, 4) is 0 Å². The van der Waals surface area contributed by atoms with Crippen LogP contribution in [0.25, 0.3) is 0 Å². The average Bonchev–Trinajstić information content (AvgIpc) is 2.51. The summed E-state index contributed by atoms with van der Waals surface area (Å²) in [7, 11) is 0. The topological polar surface area (TPSA) is 20.2 Å². The summed E-state index contributed by atoms with van der Waals surface area (Å²) in [5, 5.41) is 9.46. The molecule has 1 aromatic rings. The number of hydrogen-bond acceptors (Lipinski definition) is 1. The molecule has 0 aromatic heterocycles. The van der Waals surface area contributed by atoms with Crippen LogP contribution in [-0.2, 0) is 12.8 Å². The Morgan fingerprint density at radius 3 is 2.85 bits per heavy atom. The minimum absolute atomic E-state index is 0.359. The van der Waals surface area contributed by atoms with E-state index in [1.165, 1.54) is 28.4 Å². The second-order valence-corrected chi connectivity index (χ2v) is 4.52. The molecule has 0 saturated carbocycles. The van der Waals surface area contributed by atoms with Crippen LogP contribution in [0.1, 0.15) is 36.1 Å². The third-order valence-corrected chi connectivity index (χ3v) is 3.37. The molecule has 70 valence electrons. The molecule has 1 N–H and O–H groups in total. The van der Waals surface area contributed by atoms with E-state index in [1.54, 1.807) is 0 Å². The molecule has 1 atom stereocenters. The minimum atomic E-state index is -0.359. The van der Waals surface area contributed by atoms with E-state index in [4.69, 9.17) is 0 Å². The van der Waals surface area contributed by atoms with E-state index in [9.17, 15) is 5.11 Å². The van der Waals surface area contributed by atoms with Crippen molar-refractivity contribution in [2.24, 2.45) is 0 Å². The maximum Gasteiger partial charge on any atom is 0.0762 e. The lowest BCUT2D eigenvalue weighted by molar-refractivity contribution is 0.199. The van der Waals surface area contributed by atoms with Crippen molar-refractivity contribution in [1.29, 1.82) is 0 Å². The van der Waals surface area contributed by atoms with Gasteiger partial charge < -0.3 is 5.11 Å². The predicted octanol–water partition coefficient (Wildman–Crippen LogP) is 2.99. The van der Waals surface area contributed by atoms with Crippen molar-refractivity contribution in [2.45, 2.75) is 32.3 Å². The van der Waals surface area contributed by atoms with Gasteiger partial charge in [-0.2, -0.15) is 0 Å². The summed E-state index contributed by atoms with van der Waals surface area (Å²) >= 11 is 3.56. The molecule has 0 heterocycles. The van der Waals surface area contributed by atoms with Gasteiger partial charge in [-0.05, 0) is 48.9 Å². The van der Waals surface area contributed by atoms with Gasteiger partial charge in [0, 0.05) is 4.47 Å². The monoisotopic (exact) mass is 240 g/mol. The molecular formula is C11H13BrO. The zero-order chi connectivity index (χ0) is 9.42. The fraction of sp³-hybridized carbons (Fsp3) is 0.455. The number of aliphatic hydroxyl groups excluding tert-OH is 1. The first kappa shape index (κ1) is 9.22. The normalized spacial score (nSPS) is 17.2. The van der Waals surface area contributed by atoms with Gasteiger partial charge in [0.25, 0.3) is 0 Å². The molecule has 1 nitrogen and oxygen atoms in total. The Kier molecular flexibility index (Phi) is 2.43. The molecule has 0 saturated heterocycles. The van der Waals surface area contributed by atoms with Gasteiger partial charge in [-0.1, -0.05) is 22.0 Å². The molecule has 0 radical (unpaired) electrons. The molecule has 0 bridgehead atoms. The average molecular weight is 241 g/mol. The summed E-state index contributed by atoms with van der Waals surface area (Å²) < 4.78 is 1.17. The largest absolute Gasteiger partial charge is 0.389 e. The highest BCUT2D eigenvalue weighted by molar-refractivity contribution is 9.10. The summed E-state index contributed by atoms with van der Waals surface area (Å²) in [6, 6.07) is 4.17. The Morgan fingerprint density at radius 2 is 2.15 bits per heavy atom. The van der Waals surface area contributed by atoms with Gasteiger partial charge in [0.2, 0.25) is 0 Å². The fourth-order valence-electron chi connectivity index (χ4n) is 1.92. The van der Waals surface area contributed by atoms with Crippen molar-refractivity contribution >= 4 is 15.9 Å². The molecular weight excluding hydrogens is 228 g/mol. The van der Waals surface area contributed by atoms with Crippen molar-refractivity contribution in [1.82, 2.24) is 0 Å². The summed E-state index contributed by atoms with van der Waals surface area (Å²) in [4.78, 5) is 0. The molecule has 0 aliphatic heterocycles. The number of benzene rings is 1.